The lowest BCUT2D eigenvalue weighted by molar-refractivity contribution is -0.146. The molecule has 1 rings (SSSR count). The Morgan fingerprint density at radius 3 is 2.50 bits per heavy atom. The van der Waals surface area contributed by atoms with E-state index < -0.39 is 30.2 Å². The van der Waals surface area contributed by atoms with Crippen LogP contribution in [-0.4, -0.2) is 54.2 Å². The maximum atomic E-state index is 11.5. The van der Waals surface area contributed by atoms with Crippen LogP contribution >= 0.6 is 0 Å². The summed E-state index contributed by atoms with van der Waals surface area (Å²) in [5.41, 5.74) is 4.50. The maximum Gasteiger partial charge on any atom is 0.326 e. The number of carboxylic acid groups (broad SMARTS) is 1. The van der Waals surface area contributed by atoms with Gasteiger partial charge in [0.25, 0.3) is 0 Å². The van der Waals surface area contributed by atoms with Gasteiger partial charge in [-0.15, -0.1) is 0 Å². The summed E-state index contributed by atoms with van der Waals surface area (Å²) >= 11 is 0. The topological polar surface area (TPSA) is 131 Å². The molecule has 5 N–H and O–H groups in total. The third-order valence-electron chi connectivity index (χ3n) is 2.59. The highest BCUT2D eigenvalue weighted by atomic mass is 16.5. The molecule has 0 aromatic heterocycles. The predicted molar refractivity (Wildman–Crippen MR) is 60.6 cm³/mol. The first kappa shape index (κ1) is 14.4. The molecule has 0 aromatic rings. The third-order valence-corrected chi connectivity index (χ3v) is 2.59. The van der Waals surface area contributed by atoms with E-state index in [0.29, 0.717) is 13.1 Å². The largest absolute Gasteiger partial charge is 0.480 e. The molecule has 2 amide bonds. The van der Waals surface area contributed by atoms with Crippen LogP contribution < -0.4 is 16.4 Å². The molecule has 18 heavy (non-hydrogen) atoms. The van der Waals surface area contributed by atoms with Gasteiger partial charge in [-0.3, -0.25) is 9.59 Å². The van der Waals surface area contributed by atoms with Crippen molar-refractivity contribution in [2.75, 3.05) is 19.7 Å². The van der Waals surface area contributed by atoms with E-state index in [0.717, 1.165) is 0 Å². The quantitative estimate of drug-likeness (QED) is 0.411. The van der Waals surface area contributed by atoms with E-state index in [9.17, 15) is 14.4 Å². The van der Waals surface area contributed by atoms with Gasteiger partial charge in [0.15, 0.2) is 0 Å². The van der Waals surface area contributed by atoms with Crippen molar-refractivity contribution in [2.24, 2.45) is 5.73 Å². The molecule has 0 unspecified atom stereocenters. The number of nitrogens with one attached hydrogen (secondary N) is 2. The molecular weight excluding hydrogens is 242 g/mol. The molecule has 1 heterocycles. The summed E-state index contributed by atoms with van der Waals surface area (Å²) in [4.78, 5) is 32.9. The van der Waals surface area contributed by atoms with E-state index in [-0.39, 0.29) is 12.2 Å². The van der Waals surface area contributed by atoms with Crippen LogP contribution in [0.15, 0.2) is 0 Å². The Morgan fingerprint density at radius 2 is 2.11 bits per heavy atom. The summed E-state index contributed by atoms with van der Waals surface area (Å²) in [5.74, 6) is -2.69. The molecule has 1 aliphatic rings. The van der Waals surface area contributed by atoms with Crippen molar-refractivity contribution in [1.82, 2.24) is 10.6 Å². The zero-order chi connectivity index (χ0) is 13.8. The van der Waals surface area contributed by atoms with Crippen molar-refractivity contribution < 1.29 is 24.2 Å². The molecule has 1 saturated heterocycles. The van der Waals surface area contributed by atoms with Crippen LogP contribution in [0.2, 0.25) is 0 Å². The normalized spacial score (nSPS) is 18.5. The monoisotopic (exact) mass is 259 g/mol. The van der Waals surface area contributed by atoms with Gasteiger partial charge in [-0.25, -0.2) is 4.79 Å². The number of hydrogen-bond donors (Lipinski definition) is 4. The molecule has 0 spiro atoms. The van der Waals surface area contributed by atoms with Crippen LogP contribution in [-0.2, 0) is 19.1 Å². The van der Waals surface area contributed by atoms with Gasteiger partial charge in [0, 0.05) is 13.1 Å². The first-order valence-corrected chi connectivity index (χ1v) is 5.47. The van der Waals surface area contributed by atoms with Crippen LogP contribution in [0.1, 0.15) is 13.3 Å². The standard InChI is InChI=1S/C10H17N3O5/c1-10(4-12-5-10)18-3-8(15)13-6(9(16)17)2-7(11)14/h6,12H,2-5H2,1H3,(H2,11,14)(H,13,15)(H,16,17)/t6-/m0/s1. The lowest BCUT2D eigenvalue weighted by atomic mass is 10.0. The number of hydrogen-bond acceptors (Lipinski definition) is 5. The van der Waals surface area contributed by atoms with Crippen molar-refractivity contribution >= 4 is 17.8 Å². The summed E-state index contributed by atoms with van der Waals surface area (Å²) in [6.45, 7) is 2.88. The fourth-order valence-electron chi connectivity index (χ4n) is 1.46. The second-order valence-electron chi connectivity index (χ2n) is 4.47. The van der Waals surface area contributed by atoms with Crippen LogP contribution in [0.4, 0.5) is 0 Å². The van der Waals surface area contributed by atoms with E-state index in [4.69, 9.17) is 15.6 Å². The molecular formula is C10H17N3O5. The van der Waals surface area contributed by atoms with Crippen LogP contribution in [0, 0.1) is 0 Å². The van der Waals surface area contributed by atoms with Gasteiger partial charge in [0.1, 0.15) is 12.6 Å². The van der Waals surface area contributed by atoms with Gasteiger partial charge in [0.2, 0.25) is 11.8 Å². The third kappa shape index (κ3) is 4.30. The zero-order valence-corrected chi connectivity index (χ0v) is 10.1. The number of nitrogens with two attached hydrogens (primary N) is 1. The van der Waals surface area contributed by atoms with Gasteiger partial charge < -0.3 is 26.2 Å². The molecule has 1 aliphatic heterocycles. The highest BCUT2D eigenvalue weighted by Crippen LogP contribution is 2.14. The zero-order valence-electron chi connectivity index (χ0n) is 10.1. The fourth-order valence-corrected chi connectivity index (χ4v) is 1.46. The Morgan fingerprint density at radius 1 is 1.50 bits per heavy atom. The molecule has 0 radical (unpaired) electrons. The molecule has 102 valence electrons. The molecule has 0 saturated carbocycles. The Balaban J connectivity index is 2.36. The first-order chi connectivity index (χ1) is 8.32. The average molecular weight is 259 g/mol. The second kappa shape index (κ2) is 5.78. The van der Waals surface area contributed by atoms with E-state index in [2.05, 4.69) is 10.6 Å². The van der Waals surface area contributed by atoms with Crippen LogP contribution in [0.25, 0.3) is 0 Å². The smallest absolute Gasteiger partial charge is 0.326 e. The number of rotatable bonds is 7. The van der Waals surface area contributed by atoms with Crippen molar-refractivity contribution in [1.29, 1.82) is 0 Å². The van der Waals surface area contributed by atoms with E-state index in [1.807, 2.05) is 6.92 Å². The van der Waals surface area contributed by atoms with Gasteiger partial charge >= 0.3 is 5.97 Å². The molecule has 8 nitrogen and oxygen atoms in total. The van der Waals surface area contributed by atoms with E-state index in [1.165, 1.54) is 0 Å². The average Bonchev–Trinajstić information content (AvgIpc) is 2.22. The summed E-state index contributed by atoms with van der Waals surface area (Å²) in [6.07, 6.45) is -0.445. The summed E-state index contributed by atoms with van der Waals surface area (Å²) in [7, 11) is 0. The van der Waals surface area contributed by atoms with Gasteiger partial charge in [-0.05, 0) is 6.92 Å². The number of aliphatic carboxylic acids is 1. The van der Waals surface area contributed by atoms with Gasteiger partial charge in [-0.2, -0.15) is 0 Å². The van der Waals surface area contributed by atoms with E-state index >= 15 is 0 Å². The van der Waals surface area contributed by atoms with Crippen LogP contribution in [0.5, 0.6) is 0 Å². The van der Waals surface area contributed by atoms with Crippen molar-refractivity contribution in [3.63, 3.8) is 0 Å². The molecule has 0 bridgehead atoms. The minimum Gasteiger partial charge on any atom is -0.480 e. The SMILES string of the molecule is CC1(OCC(=O)N[C@@H](CC(N)=O)C(=O)O)CNC1. The minimum atomic E-state index is -1.31. The number of primary amides is 1. The predicted octanol–water partition coefficient (Wildman–Crippen LogP) is -2.19. The van der Waals surface area contributed by atoms with Gasteiger partial charge in [0.05, 0.1) is 12.0 Å². The lowest BCUT2D eigenvalue weighted by Crippen LogP contribution is -2.60. The second-order valence-corrected chi connectivity index (χ2v) is 4.47. The Kier molecular flexibility index (Phi) is 4.62. The fraction of sp³-hybridized carbons (Fsp3) is 0.700. The highest BCUT2D eigenvalue weighted by molar-refractivity contribution is 5.88. The number of carbonyl (C=O) groups is 3. The van der Waals surface area contributed by atoms with Crippen molar-refractivity contribution in [3.05, 3.63) is 0 Å². The summed E-state index contributed by atoms with van der Waals surface area (Å²) in [5, 5.41) is 14.0. The molecule has 1 atom stereocenters. The lowest BCUT2D eigenvalue weighted by Gasteiger charge is -2.38. The highest BCUT2D eigenvalue weighted by Gasteiger charge is 2.33. The number of amides is 2. The van der Waals surface area contributed by atoms with Gasteiger partial charge in [-0.1, -0.05) is 0 Å². The molecule has 0 aromatic carbocycles. The first-order valence-electron chi connectivity index (χ1n) is 5.47. The van der Waals surface area contributed by atoms with Crippen molar-refractivity contribution in [2.45, 2.75) is 25.0 Å². The Labute approximate surface area is 104 Å². The minimum absolute atomic E-state index is 0.249. The molecule has 0 aliphatic carbocycles. The Bertz CT molecular complexity index is 353. The van der Waals surface area contributed by atoms with Crippen molar-refractivity contribution in [3.8, 4) is 0 Å². The molecule has 1 fully saturated rings. The summed E-state index contributed by atoms with van der Waals surface area (Å²) in [6, 6.07) is -1.31. The number of carboxylic acids is 1. The van der Waals surface area contributed by atoms with Crippen LogP contribution in [0.3, 0.4) is 0 Å². The number of carbonyl (C=O) groups excluding carboxylic acids is 2. The van der Waals surface area contributed by atoms with E-state index in [1.54, 1.807) is 0 Å². The molecule has 8 heteroatoms. The maximum absolute atomic E-state index is 11.5. The summed E-state index contributed by atoms with van der Waals surface area (Å²) < 4.78 is 5.33. The Hall–Kier alpha value is -1.67. The number of ether oxygens (including phenoxy) is 1.